The molecule has 0 aliphatic carbocycles. The van der Waals surface area contributed by atoms with Gasteiger partial charge in [-0.05, 0) is 12.1 Å². The second kappa shape index (κ2) is 6.13. The predicted molar refractivity (Wildman–Crippen MR) is 77.7 cm³/mol. The number of ketones is 1. The molecule has 2 rings (SSSR count). The third kappa shape index (κ3) is 2.83. The number of carbonyl (C=O) groups excluding carboxylic acids is 1. The van der Waals surface area contributed by atoms with E-state index in [0.717, 1.165) is 0 Å². The van der Waals surface area contributed by atoms with Crippen LogP contribution in [-0.2, 0) is 0 Å². The molecule has 0 saturated heterocycles. The average Bonchev–Trinajstić information content (AvgIpc) is 2.53. The fourth-order valence-electron chi connectivity index (χ4n) is 1.96. The summed E-state index contributed by atoms with van der Waals surface area (Å²) in [5.41, 5.74) is 0.0454. The molecule has 114 valence electrons. The molecule has 0 spiro atoms. The lowest BCUT2D eigenvalue weighted by atomic mass is 10.0. The Labute approximate surface area is 125 Å². The van der Waals surface area contributed by atoms with Crippen molar-refractivity contribution in [3.8, 4) is 17.2 Å². The Morgan fingerprint density at radius 1 is 1.14 bits per heavy atom. The summed E-state index contributed by atoms with van der Waals surface area (Å²) >= 11 is 0. The Bertz CT molecular complexity index is 724. The molecule has 0 heterocycles. The Balaban J connectivity index is 2.46. The van der Waals surface area contributed by atoms with Crippen LogP contribution in [0.4, 0.5) is 5.69 Å². The smallest absolute Gasteiger partial charge is 0.269 e. The molecule has 7 nitrogen and oxygen atoms in total. The number of nitro benzene ring substituents is 1. The van der Waals surface area contributed by atoms with E-state index in [1.54, 1.807) is 0 Å². The lowest BCUT2D eigenvalue weighted by molar-refractivity contribution is -0.384. The van der Waals surface area contributed by atoms with Crippen molar-refractivity contribution in [1.29, 1.82) is 0 Å². The van der Waals surface area contributed by atoms with Gasteiger partial charge in [0.25, 0.3) is 5.69 Å². The number of hydrogen-bond donors (Lipinski definition) is 1. The number of nitro groups is 1. The molecule has 0 unspecified atom stereocenters. The fraction of sp³-hybridized carbons (Fsp3) is 0.133. The van der Waals surface area contributed by atoms with E-state index in [0.29, 0.717) is 5.75 Å². The Morgan fingerprint density at radius 3 is 2.27 bits per heavy atom. The lowest BCUT2D eigenvalue weighted by Crippen LogP contribution is -2.05. The molecule has 2 aromatic carbocycles. The van der Waals surface area contributed by atoms with Crippen LogP contribution in [0, 0.1) is 10.1 Å². The summed E-state index contributed by atoms with van der Waals surface area (Å²) in [5.74, 6) is -0.304. The van der Waals surface area contributed by atoms with Gasteiger partial charge in [0.2, 0.25) is 5.78 Å². The maximum atomic E-state index is 12.5. The highest BCUT2D eigenvalue weighted by Gasteiger charge is 2.21. The van der Waals surface area contributed by atoms with Crippen LogP contribution in [0.1, 0.15) is 15.9 Å². The van der Waals surface area contributed by atoms with Gasteiger partial charge in [0.15, 0.2) is 0 Å². The van der Waals surface area contributed by atoms with Crippen LogP contribution >= 0.6 is 0 Å². The van der Waals surface area contributed by atoms with Gasteiger partial charge in [-0.15, -0.1) is 0 Å². The molecule has 0 amide bonds. The number of nitrogens with zero attached hydrogens (tertiary/aromatic N) is 1. The molecule has 0 aliphatic heterocycles. The topological polar surface area (TPSA) is 98.9 Å². The summed E-state index contributed by atoms with van der Waals surface area (Å²) in [6.07, 6.45) is 0. The summed E-state index contributed by atoms with van der Waals surface area (Å²) in [6, 6.07) is 7.85. The standard InChI is InChI=1S/C15H13NO6/c1-21-11-7-12(17)14(13(8-11)22-2)15(18)9-3-5-10(6-4-9)16(19)20/h3-8,17H,1-2H3. The maximum absolute atomic E-state index is 12.5. The number of methoxy groups -OCH3 is 2. The minimum absolute atomic E-state index is 0.0304. The van der Waals surface area contributed by atoms with Crippen LogP contribution in [0.2, 0.25) is 0 Å². The van der Waals surface area contributed by atoms with Gasteiger partial charge in [0.05, 0.1) is 19.1 Å². The summed E-state index contributed by atoms with van der Waals surface area (Å²) in [6.45, 7) is 0. The van der Waals surface area contributed by atoms with Crippen LogP contribution in [0.3, 0.4) is 0 Å². The van der Waals surface area contributed by atoms with Gasteiger partial charge in [-0.25, -0.2) is 0 Å². The van der Waals surface area contributed by atoms with Crippen molar-refractivity contribution in [2.45, 2.75) is 0 Å². The number of phenols is 1. The molecule has 0 atom stereocenters. The van der Waals surface area contributed by atoms with Gasteiger partial charge in [-0.3, -0.25) is 14.9 Å². The minimum Gasteiger partial charge on any atom is -0.507 e. The van der Waals surface area contributed by atoms with Gasteiger partial charge >= 0.3 is 0 Å². The zero-order chi connectivity index (χ0) is 16.3. The zero-order valence-electron chi connectivity index (χ0n) is 11.9. The van der Waals surface area contributed by atoms with Crippen molar-refractivity contribution in [1.82, 2.24) is 0 Å². The SMILES string of the molecule is COc1cc(O)c(C(=O)c2ccc([N+](=O)[O-])cc2)c(OC)c1. The molecule has 22 heavy (non-hydrogen) atoms. The monoisotopic (exact) mass is 303 g/mol. The summed E-state index contributed by atoms with van der Waals surface area (Å²) in [7, 11) is 2.78. The third-order valence-corrected chi connectivity index (χ3v) is 3.08. The molecular weight excluding hydrogens is 290 g/mol. The number of hydrogen-bond acceptors (Lipinski definition) is 6. The first-order chi connectivity index (χ1) is 10.5. The van der Waals surface area contributed by atoms with Gasteiger partial charge < -0.3 is 14.6 Å². The number of non-ortho nitro benzene ring substituents is 1. The largest absolute Gasteiger partial charge is 0.507 e. The number of benzene rings is 2. The van der Waals surface area contributed by atoms with E-state index < -0.39 is 10.7 Å². The highest BCUT2D eigenvalue weighted by Crippen LogP contribution is 2.35. The first-order valence-electron chi connectivity index (χ1n) is 6.22. The Hall–Kier alpha value is -3.09. The quantitative estimate of drug-likeness (QED) is 0.517. The van der Waals surface area contributed by atoms with E-state index in [-0.39, 0.29) is 28.3 Å². The van der Waals surface area contributed by atoms with E-state index >= 15 is 0 Å². The summed E-state index contributed by atoms with van der Waals surface area (Å²) < 4.78 is 10.1. The van der Waals surface area contributed by atoms with Crippen LogP contribution in [-0.4, -0.2) is 30.0 Å². The first kappa shape index (κ1) is 15.3. The Morgan fingerprint density at radius 2 is 1.77 bits per heavy atom. The molecule has 1 N–H and O–H groups in total. The van der Waals surface area contributed by atoms with Gasteiger partial charge in [-0.1, -0.05) is 0 Å². The van der Waals surface area contributed by atoms with Crippen molar-refractivity contribution < 1.29 is 24.3 Å². The second-order valence-corrected chi connectivity index (χ2v) is 4.36. The van der Waals surface area contributed by atoms with E-state index in [9.17, 15) is 20.0 Å². The number of carbonyl (C=O) groups is 1. The second-order valence-electron chi connectivity index (χ2n) is 4.36. The summed E-state index contributed by atoms with van der Waals surface area (Å²) in [5, 5.41) is 20.6. The normalized spacial score (nSPS) is 10.1. The lowest BCUT2D eigenvalue weighted by Gasteiger charge is -2.11. The van der Waals surface area contributed by atoms with E-state index in [2.05, 4.69) is 0 Å². The molecule has 0 aromatic heterocycles. The number of ether oxygens (including phenoxy) is 2. The van der Waals surface area contributed by atoms with Gasteiger partial charge in [0, 0.05) is 29.8 Å². The minimum atomic E-state index is -0.556. The van der Waals surface area contributed by atoms with E-state index in [4.69, 9.17) is 9.47 Å². The number of aromatic hydroxyl groups is 1. The van der Waals surface area contributed by atoms with Crippen LogP contribution < -0.4 is 9.47 Å². The molecule has 0 bridgehead atoms. The van der Waals surface area contributed by atoms with Crippen molar-refractivity contribution in [3.05, 3.63) is 57.6 Å². The molecule has 0 saturated carbocycles. The van der Waals surface area contributed by atoms with Crippen LogP contribution in [0.25, 0.3) is 0 Å². The average molecular weight is 303 g/mol. The predicted octanol–water partition coefficient (Wildman–Crippen LogP) is 2.55. The number of rotatable bonds is 5. The van der Waals surface area contributed by atoms with Crippen molar-refractivity contribution in [3.63, 3.8) is 0 Å². The van der Waals surface area contributed by atoms with Crippen LogP contribution in [0.5, 0.6) is 17.2 Å². The van der Waals surface area contributed by atoms with Gasteiger partial charge in [-0.2, -0.15) is 0 Å². The van der Waals surface area contributed by atoms with E-state index in [1.165, 1.54) is 50.6 Å². The third-order valence-electron chi connectivity index (χ3n) is 3.08. The van der Waals surface area contributed by atoms with Crippen molar-refractivity contribution in [2.24, 2.45) is 0 Å². The summed E-state index contributed by atoms with van der Waals surface area (Å²) in [4.78, 5) is 22.5. The van der Waals surface area contributed by atoms with Crippen LogP contribution in [0.15, 0.2) is 36.4 Å². The van der Waals surface area contributed by atoms with Crippen molar-refractivity contribution in [2.75, 3.05) is 14.2 Å². The fourth-order valence-corrected chi connectivity index (χ4v) is 1.96. The maximum Gasteiger partial charge on any atom is 0.269 e. The molecule has 0 radical (unpaired) electrons. The molecule has 7 heteroatoms. The molecular formula is C15H13NO6. The first-order valence-corrected chi connectivity index (χ1v) is 6.22. The highest BCUT2D eigenvalue weighted by atomic mass is 16.6. The Kier molecular flexibility index (Phi) is 4.26. The number of phenolic OH excluding ortho intramolecular Hbond substituents is 1. The molecule has 2 aromatic rings. The van der Waals surface area contributed by atoms with Gasteiger partial charge in [0.1, 0.15) is 22.8 Å². The van der Waals surface area contributed by atoms with E-state index in [1.807, 2.05) is 0 Å². The zero-order valence-corrected chi connectivity index (χ0v) is 11.9. The highest BCUT2D eigenvalue weighted by molar-refractivity contribution is 6.12. The van der Waals surface area contributed by atoms with Crippen molar-refractivity contribution >= 4 is 11.5 Å². The molecule has 0 aliphatic rings. The molecule has 0 fully saturated rings.